The molecule has 118 valence electrons. The van der Waals surface area contributed by atoms with Gasteiger partial charge in [0.1, 0.15) is 11.0 Å². The van der Waals surface area contributed by atoms with Crippen molar-refractivity contribution >= 4 is 37.6 Å². The van der Waals surface area contributed by atoms with Crippen LogP contribution in [0.2, 0.25) is 5.02 Å². The van der Waals surface area contributed by atoms with Crippen LogP contribution in [0, 0.1) is 5.92 Å². The number of benzene rings is 1. The highest BCUT2D eigenvalue weighted by Gasteiger charge is 2.28. The normalized spacial score (nSPS) is 23.0. The summed E-state index contributed by atoms with van der Waals surface area (Å²) in [5, 5.41) is 5.54. The maximum Gasteiger partial charge on any atom is 0.241 e. The summed E-state index contributed by atoms with van der Waals surface area (Å²) in [6.07, 6.45) is 5.27. The molecular weight excluding hydrogens is 378 g/mol. The Morgan fingerprint density at radius 1 is 1.38 bits per heavy atom. The predicted octanol–water partition coefficient (Wildman–Crippen LogP) is 4.10. The van der Waals surface area contributed by atoms with Gasteiger partial charge in [-0.3, -0.25) is 0 Å². The zero-order valence-electron chi connectivity index (χ0n) is 11.8. The van der Waals surface area contributed by atoms with Crippen LogP contribution in [0.4, 0.5) is 0 Å². The molecule has 0 aliphatic heterocycles. The van der Waals surface area contributed by atoms with E-state index in [2.05, 4.69) is 22.9 Å². The fourth-order valence-corrected chi connectivity index (χ4v) is 4.58. The Bertz CT molecular complexity index is 621. The third-order valence-corrected chi connectivity index (χ3v) is 5.57. The van der Waals surface area contributed by atoms with Crippen LogP contribution in [-0.4, -0.2) is 14.5 Å². The van der Waals surface area contributed by atoms with Gasteiger partial charge >= 0.3 is 0 Å². The van der Waals surface area contributed by atoms with Crippen LogP contribution >= 0.6 is 27.5 Å². The molecule has 0 aromatic heterocycles. The van der Waals surface area contributed by atoms with E-state index in [9.17, 15) is 8.42 Å². The van der Waals surface area contributed by atoms with E-state index in [1.807, 2.05) is 0 Å². The SMILES string of the molecule is CCC1CCCCC1Oc1c(Cl)cc(Br)cc1S(N)(=O)=O. The van der Waals surface area contributed by atoms with Gasteiger partial charge in [0.05, 0.1) is 5.02 Å². The van der Waals surface area contributed by atoms with Crippen LogP contribution in [-0.2, 0) is 10.0 Å². The van der Waals surface area contributed by atoms with Gasteiger partial charge in [-0.05, 0) is 43.7 Å². The number of hydrogen-bond donors (Lipinski definition) is 1. The van der Waals surface area contributed by atoms with Gasteiger partial charge < -0.3 is 4.74 Å². The molecule has 7 heteroatoms. The predicted molar refractivity (Wildman–Crippen MR) is 87.2 cm³/mol. The molecule has 1 fully saturated rings. The lowest BCUT2D eigenvalue weighted by Gasteiger charge is -2.32. The fraction of sp³-hybridized carbons (Fsp3) is 0.571. The van der Waals surface area contributed by atoms with Crippen LogP contribution in [0.3, 0.4) is 0 Å². The van der Waals surface area contributed by atoms with Crippen LogP contribution in [0.5, 0.6) is 5.75 Å². The van der Waals surface area contributed by atoms with Gasteiger partial charge in [0.15, 0.2) is 5.75 Å². The van der Waals surface area contributed by atoms with E-state index < -0.39 is 10.0 Å². The van der Waals surface area contributed by atoms with E-state index in [1.54, 1.807) is 6.07 Å². The fourth-order valence-electron chi connectivity index (χ4n) is 2.81. The van der Waals surface area contributed by atoms with Crippen molar-refractivity contribution in [3.8, 4) is 5.75 Å². The first-order valence-electron chi connectivity index (χ1n) is 7.01. The number of nitrogens with two attached hydrogens (primary N) is 1. The molecule has 0 radical (unpaired) electrons. The first-order valence-corrected chi connectivity index (χ1v) is 9.73. The maximum absolute atomic E-state index is 11.8. The van der Waals surface area contributed by atoms with Crippen LogP contribution in [0.15, 0.2) is 21.5 Å². The van der Waals surface area contributed by atoms with Gasteiger partial charge in [-0.1, -0.05) is 40.9 Å². The van der Waals surface area contributed by atoms with E-state index in [0.717, 1.165) is 25.7 Å². The molecule has 1 aromatic rings. The van der Waals surface area contributed by atoms with Crippen molar-refractivity contribution in [1.29, 1.82) is 0 Å². The number of sulfonamides is 1. The molecular formula is C14H19BrClNO3S. The summed E-state index contributed by atoms with van der Waals surface area (Å²) in [6.45, 7) is 2.12. The summed E-state index contributed by atoms with van der Waals surface area (Å²) in [5.74, 6) is 0.597. The van der Waals surface area contributed by atoms with Gasteiger partial charge in [-0.2, -0.15) is 0 Å². The molecule has 1 saturated carbocycles. The Kier molecular flexibility index (Phi) is 5.57. The molecule has 0 saturated heterocycles. The molecule has 2 N–H and O–H groups in total. The van der Waals surface area contributed by atoms with E-state index in [0.29, 0.717) is 10.4 Å². The molecule has 21 heavy (non-hydrogen) atoms. The average molecular weight is 397 g/mol. The van der Waals surface area contributed by atoms with E-state index >= 15 is 0 Å². The smallest absolute Gasteiger partial charge is 0.241 e. The van der Waals surface area contributed by atoms with Crippen LogP contribution in [0.25, 0.3) is 0 Å². The highest BCUT2D eigenvalue weighted by molar-refractivity contribution is 9.10. The van der Waals surface area contributed by atoms with Crippen molar-refractivity contribution in [3.05, 3.63) is 21.6 Å². The summed E-state index contributed by atoms with van der Waals surface area (Å²) in [6, 6.07) is 3.05. The minimum Gasteiger partial charge on any atom is -0.487 e. The van der Waals surface area contributed by atoms with Crippen molar-refractivity contribution in [2.45, 2.75) is 50.0 Å². The van der Waals surface area contributed by atoms with Crippen molar-refractivity contribution in [2.75, 3.05) is 0 Å². The summed E-state index contributed by atoms with van der Waals surface area (Å²) in [4.78, 5) is -0.0673. The van der Waals surface area contributed by atoms with Gasteiger partial charge in [-0.25, -0.2) is 13.6 Å². The summed E-state index contributed by atoms with van der Waals surface area (Å²) in [7, 11) is -3.89. The third kappa shape index (κ3) is 4.12. The second-order valence-corrected chi connectivity index (χ2v) is 8.22. The summed E-state index contributed by atoms with van der Waals surface area (Å²) in [5.41, 5.74) is 0. The Hall–Kier alpha value is -0.300. The topological polar surface area (TPSA) is 69.4 Å². The van der Waals surface area contributed by atoms with Crippen molar-refractivity contribution < 1.29 is 13.2 Å². The lowest BCUT2D eigenvalue weighted by Crippen LogP contribution is -2.30. The molecule has 0 amide bonds. The van der Waals surface area contributed by atoms with Crippen LogP contribution in [0.1, 0.15) is 39.0 Å². The maximum atomic E-state index is 11.8. The van der Waals surface area contributed by atoms with E-state index in [-0.39, 0.29) is 21.8 Å². The van der Waals surface area contributed by atoms with Crippen molar-refractivity contribution in [3.63, 3.8) is 0 Å². The Morgan fingerprint density at radius 3 is 2.67 bits per heavy atom. The molecule has 0 spiro atoms. The number of primary sulfonamides is 1. The van der Waals surface area contributed by atoms with Gasteiger partial charge in [-0.15, -0.1) is 0 Å². The highest BCUT2D eigenvalue weighted by Crippen LogP contribution is 2.38. The minimum atomic E-state index is -3.89. The highest BCUT2D eigenvalue weighted by atomic mass is 79.9. The quantitative estimate of drug-likeness (QED) is 0.833. The average Bonchev–Trinajstić information content (AvgIpc) is 2.40. The zero-order chi connectivity index (χ0) is 15.6. The van der Waals surface area contributed by atoms with Gasteiger partial charge in [0.2, 0.25) is 10.0 Å². The van der Waals surface area contributed by atoms with Gasteiger partial charge in [0, 0.05) is 4.47 Å². The summed E-state index contributed by atoms with van der Waals surface area (Å²) < 4.78 is 30.1. The lowest BCUT2D eigenvalue weighted by atomic mass is 9.85. The van der Waals surface area contributed by atoms with E-state index in [4.69, 9.17) is 21.5 Å². The molecule has 4 nitrogen and oxygen atoms in total. The Morgan fingerprint density at radius 2 is 2.05 bits per heavy atom. The van der Waals surface area contributed by atoms with Gasteiger partial charge in [0.25, 0.3) is 0 Å². The molecule has 1 aliphatic rings. The molecule has 1 aliphatic carbocycles. The molecule has 0 bridgehead atoms. The Balaban J connectivity index is 2.39. The monoisotopic (exact) mass is 395 g/mol. The first-order chi connectivity index (χ1) is 9.82. The molecule has 1 aromatic carbocycles. The number of rotatable bonds is 4. The Labute approximate surface area is 139 Å². The largest absolute Gasteiger partial charge is 0.487 e. The number of hydrogen-bond acceptors (Lipinski definition) is 3. The number of halogens is 2. The van der Waals surface area contributed by atoms with Crippen molar-refractivity contribution in [2.24, 2.45) is 11.1 Å². The van der Waals surface area contributed by atoms with Crippen LogP contribution < -0.4 is 9.88 Å². The minimum absolute atomic E-state index is 0.0112. The lowest BCUT2D eigenvalue weighted by molar-refractivity contribution is 0.0875. The second-order valence-electron chi connectivity index (χ2n) is 5.37. The first kappa shape index (κ1) is 17.1. The number of ether oxygens (including phenoxy) is 1. The zero-order valence-corrected chi connectivity index (χ0v) is 15.0. The molecule has 2 atom stereocenters. The van der Waals surface area contributed by atoms with Crippen molar-refractivity contribution in [1.82, 2.24) is 0 Å². The standard InChI is InChI=1S/C14H19BrClNO3S/c1-2-9-5-3-4-6-12(9)20-14-11(16)7-10(15)8-13(14)21(17,18)19/h7-9,12H,2-6H2,1H3,(H2,17,18,19). The summed E-state index contributed by atoms with van der Waals surface area (Å²) >= 11 is 9.41. The third-order valence-electron chi connectivity index (χ3n) is 3.91. The molecule has 0 heterocycles. The second kappa shape index (κ2) is 6.86. The van der Waals surface area contributed by atoms with E-state index in [1.165, 1.54) is 12.5 Å². The molecule has 2 unspecified atom stereocenters. The molecule has 2 rings (SSSR count).